The number of likely N-dealkylation sites (tertiary alicyclic amines) is 2. The van der Waals surface area contributed by atoms with Crippen molar-refractivity contribution in [3.63, 3.8) is 0 Å². The number of Topliss-reactive ketones (excluding diaryl/α,β-unsaturated/α-hetero) is 1. The number of allylic oxidation sites excluding steroid dienone is 7. The van der Waals surface area contributed by atoms with E-state index in [1.807, 2.05) is 43.3 Å². The molecule has 6 saturated carbocycles. The summed E-state index contributed by atoms with van der Waals surface area (Å²) in [5.41, 5.74) is 14.0. The largest absolute Gasteiger partial charge is 0.393 e. The van der Waals surface area contributed by atoms with Crippen molar-refractivity contribution in [3.05, 3.63) is 104 Å². The molecule has 18 nitrogen and oxygen atoms in total. The number of hydrogen-bond donors (Lipinski definition) is 7. The molecule has 3 spiro atoms. The summed E-state index contributed by atoms with van der Waals surface area (Å²) >= 11 is 0. The second-order valence-corrected chi connectivity index (χ2v) is 43.3. The smallest absolute Gasteiger partial charge is 0.239 e. The van der Waals surface area contributed by atoms with Gasteiger partial charge in [0.05, 0.1) is 60.4 Å². The van der Waals surface area contributed by atoms with Crippen LogP contribution in [0.4, 0.5) is 0 Å². The number of fused-ring (bicyclic) bond motifs is 18. The van der Waals surface area contributed by atoms with Crippen LogP contribution in [0.5, 0.6) is 0 Å². The third-order valence-electron chi connectivity index (χ3n) is 37.0. The van der Waals surface area contributed by atoms with Gasteiger partial charge < -0.3 is 51.0 Å². The van der Waals surface area contributed by atoms with Gasteiger partial charge in [0, 0.05) is 106 Å². The lowest BCUT2D eigenvalue weighted by molar-refractivity contribution is -0.126. The van der Waals surface area contributed by atoms with E-state index in [-0.39, 0.29) is 106 Å². The topological polar surface area (TPSA) is 237 Å². The van der Waals surface area contributed by atoms with E-state index in [1.54, 1.807) is 16.7 Å². The first kappa shape index (κ1) is 86.7. The highest BCUT2D eigenvalue weighted by atomic mass is 16.5. The Balaban J connectivity index is 0.000000131. The molecular weight excluding hydrogens is 1500 g/mol. The van der Waals surface area contributed by atoms with Gasteiger partial charge in [0.2, 0.25) is 23.6 Å². The second kappa shape index (κ2) is 34.0. The molecule has 658 valence electrons. The first-order valence-electron chi connectivity index (χ1n) is 48.4. The van der Waals surface area contributed by atoms with Crippen LogP contribution in [0.15, 0.2) is 98.7 Å². The van der Waals surface area contributed by atoms with Gasteiger partial charge in [-0.2, -0.15) is 0 Å². The molecule has 12 fully saturated rings. The van der Waals surface area contributed by atoms with Crippen molar-refractivity contribution in [1.29, 1.82) is 0 Å². The average Bonchev–Trinajstić information content (AvgIpc) is 1.55. The summed E-state index contributed by atoms with van der Waals surface area (Å²) in [7, 11) is 0. The van der Waals surface area contributed by atoms with Crippen LogP contribution in [0.2, 0.25) is 0 Å². The number of aliphatic hydroxyl groups excluding tert-OH is 2. The molecule has 4 amide bonds. The molecule has 1 aromatic carbocycles. The number of aryl methyl sites for hydroxylation is 1. The quantitative estimate of drug-likeness (QED) is 0.0809. The maximum absolute atomic E-state index is 14.1. The summed E-state index contributed by atoms with van der Waals surface area (Å²) in [5.74, 6) is 8.38. The summed E-state index contributed by atoms with van der Waals surface area (Å²) in [4.78, 5) is 80.7. The summed E-state index contributed by atoms with van der Waals surface area (Å²) < 4.78 is 21.5. The van der Waals surface area contributed by atoms with E-state index >= 15 is 0 Å². The van der Waals surface area contributed by atoms with Gasteiger partial charge in [-0.3, -0.25) is 38.6 Å². The predicted molar refractivity (Wildman–Crippen MR) is 468 cm³/mol. The van der Waals surface area contributed by atoms with Gasteiger partial charge in [-0.05, 0) is 291 Å². The molecule has 6 heterocycles. The Morgan fingerprint density at radius 1 is 0.525 bits per heavy atom. The van der Waals surface area contributed by atoms with Crippen molar-refractivity contribution in [2.75, 3.05) is 58.9 Å². The molecule has 6 saturated heterocycles. The normalized spacial score (nSPS) is 43.7. The number of nitrogens with one attached hydrogen (secondary N) is 5. The average molecular weight is 1650 g/mol. The zero-order valence-electron chi connectivity index (χ0n) is 75.3. The van der Waals surface area contributed by atoms with Crippen LogP contribution in [-0.2, 0) is 49.4 Å². The number of ether oxygens (including phenoxy) is 3. The molecule has 12 aliphatic carbocycles. The molecule has 6 aliphatic heterocycles. The zero-order valence-corrected chi connectivity index (χ0v) is 75.3. The van der Waals surface area contributed by atoms with Crippen LogP contribution in [0.3, 0.4) is 0 Å². The van der Waals surface area contributed by atoms with E-state index in [1.165, 1.54) is 66.4 Å². The number of ketones is 2. The van der Waals surface area contributed by atoms with Gasteiger partial charge in [-0.15, -0.1) is 0 Å². The van der Waals surface area contributed by atoms with Gasteiger partial charge in [-0.1, -0.05) is 140 Å². The van der Waals surface area contributed by atoms with Crippen molar-refractivity contribution in [2.45, 2.75) is 329 Å². The number of aliphatic hydroxyl groups is 2. The number of rotatable bonds is 15. The molecule has 19 rings (SSSR count). The van der Waals surface area contributed by atoms with E-state index in [2.05, 4.69) is 132 Å². The fourth-order valence-electron chi connectivity index (χ4n) is 30.8. The summed E-state index contributed by atoms with van der Waals surface area (Å²) in [6.07, 6.45) is 33.7. The van der Waals surface area contributed by atoms with Crippen LogP contribution < -0.4 is 26.6 Å². The van der Waals surface area contributed by atoms with Gasteiger partial charge in [0.15, 0.2) is 11.6 Å². The lowest BCUT2D eigenvalue weighted by Crippen LogP contribution is -2.54. The Bertz CT molecular complexity index is 4300. The molecule has 1 aromatic rings. The van der Waals surface area contributed by atoms with Crippen LogP contribution in [0.1, 0.15) is 263 Å². The maximum atomic E-state index is 14.1. The summed E-state index contributed by atoms with van der Waals surface area (Å²) in [5, 5.41) is 36.0. The molecule has 0 radical (unpaired) electrons. The molecule has 0 bridgehead atoms. The number of carbonyl (C=O) groups is 6. The van der Waals surface area contributed by atoms with Gasteiger partial charge in [0.1, 0.15) is 0 Å². The number of hydrogen-bond acceptors (Lipinski definition) is 14. The van der Waals surface area contributed by atoms with Crippen molar-refractivity contribution in [1.82, 2.24) is 36.4 Å². The third-order valence-corrected chi connectivity index (χ3v) is 37.0. The van der Waals surface area contributed by atoms with Crippen molar-refractivity contribution < 1.29 is 53.2 Å². The van der Waals surface area contributed by atoms with Crippen LogP contribution in [-0.4, -0.2) is 180 Å². The minimum atomic E-state index is -0.263. The number of nitrogens with zero attached hydrogens (tertiary/aromatic N) is 2. The van der Waals surface area contributed by atoms with Crippen molar-refractivity contribution in [2.24, 2.45) is 105 Å². The van der Waals surface area contributed by atoms with Crippen molar-refractivity contribution >= 4 is 35.2 Å². The lowest BCUT2D eigenvalue weighted by Gasteiger charge is -2.49. The first-order valence-corrected chi connectivity index (χ1v) is 48.4. The summed E-state index contributed by atoms with van der Waals surface area (Å²) in [6, 6.07) is 11.1. The SMILES string of the molecule is CC1=C2C(=O)[C@H]3[C@@H](CC=C4C[C@@H](O)CC[C@@]43C)[C@@H]2CC[C@]12O[C@@H]1C[C@H](C)CN[C@H]1[C@H]2C.CC1=C2C[C@H]3[C@@H](CCC4=CC(=O)CC[C@@]43C)[C@@H]2CC[C@]12O[C@@H]1C[C@H](C)CN(CCNC(=O)CNC(=O)CCc3ccccc3)[C@H]1[C@H]2C.CCCC(=O)NCC(=O)NCCN1C[C@@H](C)C[C@H]2O[C@]3(CC[C@@H]4C(=C3C)C[C@H]3[C@H]4CC=C4C[C@@H](O)CC[C@@]43C)[C@H](C)[C@@H]21. The number of carbonyl (C=O) groups excluding carboxylic acids is 6. The van der Waals surface area contributed by atoms with E-state index in [0.717, 1.165) is 165 Å². The summed E-state index contributed by atoms with van der Waals surface area (Å²) in [6.45, 7) is 36.4. The van der Waals surface area contributed by atoms with Gasteiger partial charge >= 0.3 is 0 Å². The van der Waals surface area contributed by atoms with E-state index < -0.39 is 0 Å². The standard InChI is InChI=1S/C40H55N3O4.C35H55N3O4.C27H39NO3/c1-25-20-35-38(43(24-25)19-18-41-37(46)23-42-36(45)13-10-28-8-6-5-7-9-28)27(3)40(47-35)17-15-31-32-12-11-29-21-30(44)14-16-39(29,4)34(32)22-33(31)26(40)2;1-6-7-31(40)37-19-32(41)36-14-15-38-20-21(2)16-30-33(38)23(4)35(42-30)13-11-26-27-9-8-24-17-25(39)10-12-34(24,5)29(27)18-28(26)22(35)3;1-14-11-21-24(28-13-14)16(3)27(31-21)10-8-19-20-6-5-17-12-18(29)7-9-26(17,4)23(20)25(30)22(19)15(27)2/h5-9,21,25,27,31-32,34-35,38H,10-20,22-24H2,1-4H3,(H,41,46)(H,42,45);8,21,23,25-27,29-30,33,39H,6-7,9-20H2,1-5H3,(H,36,41)(H,37,40);5,14,16,18-21,23-24,28-29H,6-13H2,1-4H3/t25-,27+,31-,32-,34-,35+,38-,39-,40-;21-,23+,25-,26-,27-,29-,30+,33-,34-,35-;14-,16+,18-,19-,20-,21+,23+,24-,26-,27-/m000/s1. The number of piperidine rings is 3. The lowest BCUT2D eigenvalue weighted by atomic mass is 9.56. The highest BCUT2D eigenvalue weighted by molar-refractivity contribution is 6.02. The minimum Gasteiger partial charge on any atom is -0.393 e. The predicted octanol–water partition coefficient (Wildman–Crippen LogP) is 14.7. The molecule has 0 aromatic heterocycles. The number of amides is 4. The Morgan fingerprint density at radius 3 is 1.62 bits per heavy atom. The Kier molecular flexibility index (Phi) is 24.6. The highest BCUT2D eigenvalue weighted by Gasteiger charge is 2.67. The Hall–Kier alpha value is -5.44. The van der Waals surface area contributed by atoms with Crippen LogP contribution >= 0.6 is 0 Å². The van der Waals surface area contributed by atoms with Crippen molar-refractivity contribution in [3.8, 4) is 0 Å². The van der Waals surface area contributed by atoms with E-state index in [4.69, 9.17) is 14.2 Å². The molecule has 0 unspecified atom stereocenters. The fourth-order valence-corrected chi connectivity index (χ4v) is 30.8. The molecule has 7 N–H and O–H groups in total. The van der Waals surface area contributed by atoms with Crippen LogP contribution in [0, 0.1) is 105 Å². The highest BCUT2D eigenvalue weighted by Crippen LogP contribution is 2.69. The first-order chi connectivity index (χ1) is 57.4. The van der Waals surface area contributed by atoms with E-state index in [0.29, 0.717) is 139 Å². The fraction of sp³-hybridized carbons (Fsp3) is 0.765. The molecule has 29 atom stereocenters. The molecule has 120 heavy (non-hydrogen) atoms. The monoisotopic (exact) mass is 1650 g/mol. The van der Waals surface area contributed by atoms with Crippen LogP contribution in [0.25, 0.3) is 0 Å². The molecule has 18 heteroatoms. The van der Waals surface area contributed by atoms with E-state index in [9.17, 15) is 39.0 Å². The zero-order chi connectivity index (χ0) is 84.4. The van der Waals surface area contributed by atoms with Gasteiger partial charge in [-0.25, -0.2) is 0 Å². The second-order valence-electron chi connectivity index (χ2n) is 43.3. The number of benzene rings is 1. The minimum absolute atomic E-state index is 0.0151. The Morgan fingerprint density at radius 2 is 1.03 bits per heavy atom. The third kappa shape index (κ3) is 15.2. The van der Waals surface area contributed by atoms with Gasteiger partial charge in [0.25, 0.3) is 0 Å². The maximum Gasteiger partial charge on any atom is 0.239 e. The Labute approximate surface area is 717 Å². The molecule has 18 aliphatic rings. The molecular formula is C102H149N7O11.